The highest BCUT2D eigenvalue weighted by Gasteiger charge is 2.32. The lowest BCUT2D eigenvalue weighted by molar-refractivity contribution is -0.141. The van der Waals surface area contributed by atoms with Gasteiger partial charge in [0.1, 0.15) is 6.61 Å². The zero-order valence-electron chi connectivity index (χ0n) is 14.6. The van der Waals surface area contributed by atoms with Crippen LogP contribution < -0.4 is 9.47 Å². The Hall–Kier alpha value is -1.40. The minimum Gasteiger partial charge on any atom is -0.485 e. The fourth-order valence-electron chi connectivity index (χ4n) is 3.92. The second kappa shape index (κ2) is 7.87. The van der Waals surface area contributed by atoms with E-state index < -0.39 is 6.10 Å². The van der Waals surface area contributed by atoms with Gasteiger partial charge in [-0.1, -0.05) is 12.1 Å². The van der Waals surface area contributed by atoms with Crippen molar-refractivity contribution in [3.8, 4) is 11.5 Å². The second-order valence-electron chi connectivity index (χ2n) is 6.92. The van der Waals surface area contributed by atoms with Crippen LogP contribution in [0.25, 0.3) is 0 Å². The molecule has 0 radical (unpaired) electrons. The van der Waals surface area contributed by atoms with Crippen molar-refractivity contribution >= 4 is 17.7 Å². The number of ether oxygens (including phenoxy) is 2. The molecule has 0 aliphatic carbocycles. The summed E-state index contributed by atoms with van der Waals surface area (Å²) in [7, 11) is 0. The van der Waals surface area contributed by atoms with Crippen LogP contribution in [0.5, 0.6) is 11.5 Å². The SMILES string of the molecule is O=C(C1COc2ccccc2O1)N1CCCN(C2CCSCC2)CC1. The molecule has 1 atom stereocenters. The predicted octanol–water partition coefficient (Wildman–Crippen LogP) is 2.26. The molecular weight excluding hydrogens is 336 g/mol. The standard InChI is InChI=1S/C19H26N2O3S/c22-19(18-14-23-16-4-1-2-5-17(16)24-18)21-9-3-8-20(10-11-21)15-6-12-25-13-7-15/h1-2,4-5,15,18H,3,6-14H2. The number of carbonyl (C=O) groups is 1. The summed E-state index contributed by atoms with van der Waals surface area (Å²) in [5.74, 6) is 4.01. The van der Waals surface area contributed by atoms with Gasteiger partial charge in [-0.05, 0) is 42.9 Å². The van der Waals surface area contributed by atoms with Crippen LogP contribution in [0, 0.1) is 0 Å². The number of amides is 1. The Bertz CT molecular complexity index is 606. The van der Waals surface area contributed by atoms with E-state index in [1.165, 1.54) is 24.3 Å². The number of hydrogen-bond acceptors (Lipinski definition) is 5. The van der Waals surface area contributed by atoms with E-state index in [0.717, 1.165) is 38.3 Å². The molecule has 0 saturated carbocycles. The van der Waals surface area contributed by atoms with Gasteiger partial charge in [0.15, 0.2) is 11.5 Å². The molecular formula is C19H26N2O3S. The first kappa shape index (κ1) is 17.0. The topological polar surface area (TPSA) is 42.0 Å². The number of thioether (sulfide) groups is 1. The maximum atomic E-state index is 12.9. The molecule has 0 aromatic heterocycles. The molecule has 1 aromatic carbocycles. The monoisotopic (exact) mass is 362 g/mol. The molecule has 1 aromatic rings. The molecule has 0 bridgehead atoms. The summed E-state index contributed by atoms with van der Waals surface area (Å²) in [6.45, 7) is 3.99. The Morgan fingerprint density at radius 2 is 1.84 bits per heavy atom. The van der Waals surface area contributed by atoms with Crippen LogP contribution >= 0.6 is 11.8 Å². The van der Waals surface area contributed by atoms with Crippen molar-refractivity contribution in [1.29, 1.82) is 0 Å². The number of nitrogens with zero attached hydrogens (tertiary/aromatic N) is 2. The first-order chi connectivity index (χ1) is 12.3. The average molecular weight is 362 g/mol. The largest absolute Gasteiger partial charge is 0.485 e. The Labute approximate surface area is 153 Å². The normalized spacial score (nSPS) is 25.4. The summed E-state index contributed by atoms with van der Waals surface area (Å²) in [5.41, 5.74) is 0. The van der Waals surface area contributed by atoms with Crippen molar-refractivity contribution < 1.29 is 14.3 Å². The van der Waals surface area contributed by atoms with Gasteiger partial charge in [0, 0.05) is 32.2 Å². The second-order valence-corrected chi connectivity index (χ2v) is 8.15. The quantitative estimate of drug-likeness (QED) is 0.807. The van der Waals surface area contributed by atoms with Gasteiger partial charge in [0.05, 0.1) is 0 Å². The van der Waals surface area contributed by atoms with E-state index in [9.17, 15) is 4.79 Å². The van der Waals surface area contributed by atoms with Crippen molar-refractivity contribution in [2.75, 3.05) is 44.3 Å². The number of benzene rings is 1. The van der Waals surface area contributed by atoms with E-state index in [2.05, 4.69) is 16.7 Å². The molecule has 0 N–H and O–H groups in total. The van der Waals surface area contributed by atoms with E-state index in [1.54, 1.807) is 0 Å². The molecule has 3 heterocycles. The molecule has 5 nitrogen and oxygen atoms in total. The summed E-state index contributed by atoms with van der Waals surface area (Å²) in [6, 6.07) is 8.26. The zero-order valence-corrected chi connectivity index (χ0v) is 15.4. The highest BCUT2D eigenvalue weighted by Crippen LogP contribution is 2.31. The zero-order chi connectivity index (χ0) is 17.1. The van der Waals surface area contributed by atoms with Gasteiger partial charge < -0.3 is 14.4 Å². The summed E-state index contributed by atoms with van der Waals surface area (Å²) in [6.07, 6.45) is 3.09. The summed E-state index contributed by atoms with van der Waals surface area (Å²) in [5, 5.41) is 0. The lowest BCUT2D eigenvalue weighted by Gasteiger charge is -2.33. The summed E-state index contributed by atoms with van der Waals surface area (Å²) in [4.78, 5) is 17.5. The Balaban J connectivity index is 1.35. The Morgan fingerprint density at radius 1 is 1.04 bits per heavy atom. The van der Waals surface area contributed by atoms with E-state index in [4.69, 9.17) is 9.47 Å². The minimum atomic E-state index is -0.521. The molecule has 4 rings (SSSR count). The molecule has 0 spiro atoms. The Kier molecular flexibility index (Phi) is 5.36. The minimum absolute atomic E-state index is 0.0653. The van der Waals surface area contributed by atoms with Gasteiger partial charge in [0.25, 0.3) is 5.91 Å². The molecule has 2 saturated heterocycles. The summed E-state index contributed by atoms with van der Waals surface area (Å²) >= 11 is 2.06. The third-order valence-electron chi connectivity index (χ3n) is 5.33. The molecule has 136 valence electrons. The van der Waals surface area contributed by atoms with Crippen molar-refractivity contribution in [2.24, 2.45) is 0 Å². The van der Waals surface area contributed by atoms with Crippen LogP contribution in [-0.4, -0.2) is 72.1 Å². The first-order valence-electron chi connectivity index (χ1n) is 9.30. The fourth-order valence-corrected chi connectivity index (χ4v) is 5.00. The van der Waals surface area contributed by atoms with Crippen LogP contribution in [0.15, 0.2) is 24.3 Å². The van der Waals surface area contributed by atoms with Crippen molar-refractivity contribution in [1.82, 2.24) is 9.80 Å². The molecule has 3 aliphatic heterocycles. The smallest absolute Gasteiger partial charge is 0.267 e. The van der Waals surface area contributed by atoms with Crippen molar-refractivity contribution in [3.05, 3.63) is 24.3 Å². The number of para-hydroxylation sites is 2. The number of carbonyl (C=O) groups excluding carboxylic acids is 1. The lowest BCUT2D eigenvalue weighted by atomic mass is 10.1. The Morgan fingerprint density at radius 3 is 2.68 bits per heavy atom. The molecule has 3 aliphatic rings. The van der Waals surface area contributed by atoms with Gasteiger partial charge in [-0.2, -0.15) is 11.8 Å². The van der Waals surface area contributed by atoms with E-state index in [1.807, 2.05) is 29.2 Å². The predicted molar refractivity (Wildman–Crippen MR) is 99.5 cm³/mol. The average Bonchev–Trinajstić information content (AvgIpc) is 2.94. The first-order valence-corrected chi connectivity index (χ1v) is 10.5. The van der Waals surface area contributed by atoms with Gasteiger partial charge >= 0.3 is 0 Å². The lowest BCUT2D eigenvalue weighted by Crippen LogP contribution is -2.48. The summed E-state index contributed by atoms with van der Waals surface area (Å²) < 4.78 is 11.6. The third-order valence-corrected chi connectivity index (χ3v) is 6.38. The number of fused-ring (bicyclic) bond motifs is 1. The van der Waals surface area contributed by atoms with Gasteiger partial charge in [-0.25, -0.2) is 0 Å². The van der Waals surface area contributed by atoms with Crippen LogP contribution in [-0.2, 0) is 4.79 Å². The number of hydrogen-bond donors (Lipinski definition) is 0. The van der Waals surface area contributed by atoms with E-state index in [-0.39, 0.29) is 5.91 Å². The molecule has 2 fully saturated rings. The highest BCUT2D eigenvalue weighted by molar-refractivity contribution is 7.99. The molecule has 6 heteroatoms. The van der Waals surface area contributed by atoms with Gasteiger partial charge in [-0.15, -0.1) is 0 Å². The maximum Gasteiger partial charge on any atom is 0.267 e. The van der Waals surface area contributed by atoms with E-state index >= 15 is 0 Å². The highest BCUT2D eigenvalue weighted by atomic mass is 32.2. The van der Waals surface area contributed by atoms with Gasteiger partial charge in [-0.3, -0.25) is 9.69 Å². The van der Waals surface area contributed by atoms with Crippen molar-refractivity contribution in [3.63, 3.8) is 0 Å². The van der Waals surface area contributed by atoms with E-state index in [0.29, 0.717) is 18.4 Å². The van der Waals surface area contributed by atoms with Crippen LogP contribution in [0.1, 0.15) is 19.3 Å². The molecule has 1 amide bonds. The number of rotatable bonds is 2. The van der Waals surface area contributed by atoms with Crippen LogP contribution in [0.4, 0.5) is 0 Å². The molecule has 25 heavy (non-hydrogen) atoms. The fraction of sp³-hybridized carbons (Fsp3) is 0.632. The van der Waals surface area contributed by atoms with Crippen molar-refractivity contribution in [2.45, 2.75) is 31.4 Å². The van der Waals surface area contributed by atoms with Crippen LogP contribution in [0.2, 0.25) is 0 Å². The molecule has 1 unspecified atom stereocenters. The van der Waals surface area contributed by atoms with Crippen LogP contribution in [0.3, 0.4) is 0 Å². The third kappa shape index (κ3) is 3.90. The maximum absolute atomic E-state index is 12.9. The van der Waals surface area contributed by atoms with Gasteiger partial charge in [0.2, 0.25) is 6.10 Å².